The first-order chi connectivity index (χ1) is 11.7. The average Bonchev–Trinajstić information content (AvgIpc) is 2.62. The van der Waals surface area contributed by atoms with Gasteiger partial charge < -0.3 is 19.5 Å². The number of fused-ring (bicyclic) bond motifs is 1. The van der Waals surface area contributed by atoms with Crippen molar-refractivity contribution in [2.24, 2.45) is 5.92 Å². The van der Waals surface area contributed by atoms with Crippen molar-refractivity contribution in [1.29, 1.82) is 0 Å². The first kappa shape index (κ1) is 16.6. The van der Waals surface area contributed by atoms with E-state index >= 15 is 0 Å². The second-order valence-corrected chi connectivity index (χ2v) is 6.28. The molecule has 1 aliphatic rings. The molecule has 0 amide bonds. The summed E-state index contributed by atoms with van der Waals surface area (Å²) in [6.07, 6.45) is 6.54. The van der Waals surface area contributed by atoms with Gasteiger partial charge in [0, 0.05) is 6.04 Å². The van der Waals surface area contributed by atoms with Crippen molar-refractivity contribution in [2.45, 2.75) is 38.6 Å². The smallest absolute Gasteiger partial charge is 0.205 e. The number of rotatable bonds is 5. The molecule has 1 saturated carbocycles. The van der Waals surface area contributed by atoms with Crippen LogP contribution >= 0.6 is 0 Å². The van der Waals surface area contributed by atoms with Gasteiger partial charge in [0.25, 0.3) is 0 Å². The Balaban J connectivity index is 2.09. The summed E-state index contributed by atoms with van der Waals surface area (Å²) in [6, 6.07) is 2.34. The molecular weight excluding hydrogens is 306 g/mol. The van der Waals surface area contributed by atoms with Crippen LogP contribution < -0.4 is 19.5 Å². The highest BCUT2D eigenvalue weighted by Crippen LogP contribution is 2.44. The van der Waals surface area contributed by atoms with E-state index in [9.17, 15) is 0 Å². The van der Waals surface area contributed by atoms with Gasteiger partial charge in [0.2, 0.25) is 5.75 Å². The topological polar surface area (TPSA) is 65.5 Å². The van der Waals surface area contributed by atoms with Crippen LogP contribution in [0.4, 0.5) is 5.82 Å². The molecule has 0 bridgehead atoms. The van der Waals surface area contributed by atoms with Gasteiger partial charge in [-0.1, -0.05) is 19.8 Å². The minimum absolute atomic E-state index is 0.427. The Morgan fingerprint density at radius 2 is 1.75 bits per heavy atom. The quantitative estimate of drug-likeness (QED) is 0.902. The van der Waals surface area contributed by atoms with E-state index in [1.54, 1.807) is 27.7 Å². The summed E-state index contributed by atoms with van der Waals surface area (Å²) >= 11 is 0. The molecule has 1 aliphatic carbocycles. The molecule has 3 rings (SSSR count). The molecule has 0 saturated heterocycles. The van der Waals surface area contributed by atoms with Crippen LogP contribution in [0.3, 0.4) is 0 Å². The molecule has 2 unspecified atom stereocenters. The predicted octanol–water partition coefficient (Wildman–Crippen LogP) is 3.65. The fourth-order valence-electron chi connectivity index (χ4n) is 3.48. The highest BCUT2D eigenvalue weighted by Gasteiger charge is 2.24. The first-order valence-electron chi connectivity index (χ1n) is 8.39. The maximum absolute atomic E-state index is 5.54. The minimum atomic E-state index is 0.427. The van der Waals surface area contributed by atoms with Gasteiger partial charge in [-0.05, 0) is 24.8 Å². The molecule has 1 aromatic carbocycles. The highest BCUT2D eigenvalue weighted by atomic mass is 16.5. The lowest BCUT2D eigenvalue weighted by molar-refractivity contribution is 0.327. The number of benzene rings is 1. The number of hydrogen-bond donors (Lipinski definition) is 1. The average molecular weight is 331 g/mol. The highest BCUT2D eigenvalue weighted by molar-refractivity contribution is 5.96. The van der Waals surface area contributed by atoms with E-state index in [4.69, 9.17) is 14.2 Å². The van der Waals surface area contributed by atoms with Crippen molar-refractivity contribution in [3.05, 3.63) is 12.4 Å². The van der Waals surface area contributed by atoms with Gasteiger partial charge in [0.05, 0.1) is 26.7 Å². The maximum atomic E-state index is 5.54. The molecule has 1 heterocycles. The number of aromatic nitrogens is 2. The van der Waals surface area contributed by atoms with Crippen molar-refractivity contribution >= 4 is 16.7 Å². The number of methoxy groups -OCH3 is 3. The van der Waals surface area contributed by atoms with Crippen molar-refractivity contribution < 1.29 is 14.2 Å². The van der Waals surface area contributed by atoms with E-state index in [0.29, 0.717) is 29.2 Å². The van der Waals surface area contributed by atoms with E-state index in [2.05, 4.69) is 22.2 Å². The van der Waals surface area contributed by atoms with Crippen LogP contribution in [0.1, 0.15) is 32.6 Å². The fourth-order valence-corrected chi connectivity index (χ4v) is 3.48. The standard InChI is InChI=1S/C18H25N3O3/c1-11-7-5-6-8-13(11)21-18-12-9-14(22-2)16(23-3)17(24-4)15(12)19-10-20-18/h9-11,13H,5-8H2,1-4H3,(H,19,20,21). The zero-order chi connectivity index (χ0) is 17.1. The number of ether oxygens (including phenoxy) is 3. The van der Waals surface area contributed by atoms with Crippen molar-refractivity contribution in [2.75, 3.05) is 26.6 Å². The monoisotopic (exact) mass is 331 g/mol. The molecule has 2 aromatic rings. The third-order valence-electron chi connectivity index (χ3n) is 4.87. The fraction of sp³-hybridized carbons (Fsp3) is 0.556. The summed E-state index contributed by atoms with van der Waals surface area (Å²) in [6.45, 7) is 2.30. The Labute approximate surface area is 142 Å². The van der Waals surface area contributed by atoms with Gasteiger partial charge >= 0.3 is 0 Å². The molecule has 1 fully saturated rings. The molecule has 2 atom stereocenters. The third-order valence-corrected chi connectivity index (χ3v) is 4.87. The van der Waals surface area contributed by atoms with Crippen LogP contribution in [0.15, 0.2) is 12.4 Å². The van der Waals surface area contributed by atoms with E-state index in [0.717, 1.165) is 23.1 Å². The van der Waals surface area contributed by atoms with Crippen LogP contribution in [0, 0.1) is 5.92 Å². The number of anilines is 1. The van der Waals surface area contributed by atoms with Gasteiger partial charge in [-0.3, -0.25) is 0 Å². The van der Waals surface area contributed by atoms with Gasteiger partial charge in [0.1, 0.15) is 17.7 Å². The molecule has 0 radical (unpaired) electrons. The van der Waals surface area contributed by atoms with Crippen LogP contribution in [-0.2, 0) is 0 Å². The van der Waals surface area contributed by atoms with Gasteiger partial charge in [-0.25, -0.2) is 9.97 Å². The second kappa shape index (κ2) is 7.11. The number of nitrogens with one attached hydrogen (secondary N) is 1. The normalized spacial score (nSPS) is 20.7. The molecular formula is C18H25N3O3. The molecule has 1 N–H and O–H groups in total. The Kier molecular flexibility index (Phi) is 4.92. The van der Waals surface area contributed by atoms with Gasteiger partial charge in [0.15, 0.2) is 11.5 Å². The maximum Gasteiger partial charge on any atom is 0.205 e. The molecule has 0 spiro atoms. The van der Waals surface area contributed by atoms with E-state index in [1.165, 1.54) is 19.3 Å². The Morgan fingerprint density at radius 1 is 1.00 bits per heavy atom. The lowest BCUT2D eigenvalue weighted by Gasteiger charge is -2.30. The van der Waals surface area contributed by atoms with Crippen molar-refractivity contribution in [3.63, 3.8) is 0 Å². The van der Waals surface area contributed by atoms with E-state index in [1.807, 2.05) is 6.07 Å². The number of hydrogen-bond acceptors (Lipinski definition) is 6. The van der Waals surface area contributed by atoms with E-state index < -0.39 is 0 Å². The summed E-state index contributed by atoms with van der Waals surface area (Å²) < 4.78 is 16.4. The zero-order valence-corrected chi connectivity index (χ0v) is 14.8. The second-order valence-electron chi connectivity index (χ2n) is 6.28. The van der Waals surface area contributed by atoms with Crippen LogP contribution in [-0.4, -0.2) is 37.3 Å². The number of nitrogens with zero attached hydrogens (tertiary/aromatic N) is 2. The van der Waals surface area contributed by atoms with Crippen LogP contribution in [0.2, 0.25) is 0 Å². The SMILES string of the molecule is COc1cc2c(NC3CCCCC3C)ncnc2c(OC)c1OC. The Hall–Kier alpha value is -2.24. The molecule has 1 aromatic heterocycles. The van der Waals surface area contributed by atoms with Crippen molar-refractivity contribution in [1.82, 2.24) is 9.97 Å². The van der Waals surface area contributed by atoms with Crippen LogP contribution in [0.5, 0.6) is 17.2 Å². The van der Waals surface area contributed by atoms with E-state index in [-0.39, 0.29) is 0 Å². The lowest BCUT2D eigenvalue weighted by atomic mass is 9.86. The third kappa shape index (κ3) is 2.92. The summed E-state index contributed by atoms with van der Waals surface area (Å²) in [5, 5.41) is 4.49. The summed E-state index contributed by atoms with van der Waals surface area (Å²) in [5.74, 6) is 3.16. The molecule has 130 valence electrons. The molecule has 6 nitrogen and oxygen atoms in total. The Bertz CT molecular complexity index is 720. The summed E-state index contributed by atoms with van der Waals surface area (Å²) in [5.41, 5.74) is 0.719. The summed E-state index contributed by atoms with van der Waals surface area (Å²) in [4.78, 5) is 8.86. The minimum Gasteiger partial charge on any atom is -0.493 e. The predicted molar refractivity (Wildman–Crippen MR) is 94.2 cm³/mol. The Morgan fingerprint density at radius 3 is 2.42 bits per heavy atom. The largest absolute Gasteiger partial charge is 0.493 e. The first-order valence-corrected chi connectivity index (χ1v) is 8.39. The summed E-state index contributed by atoms with van der Waals surface area (Å²) in [7, 11) is 4.81. The zero-order valence-electron chi connectivity index (χ0n) is 14.8. The molecule has 0 aliphatic heterocycles. The molecule has 24 heavy (non-hydrogen) atoms. The van der Waals surface area contributed by atoms with Crippen LogP contribution in [0.25, 0.3) is 10.9 Å². The van der Waals surface area contributed by atoms with Crippen molar-refractivity contribution in [3.8, 4) is 17.2 Å². The van der Waals surface area contributed by atoms with Gasteiger partial charge in [-0.2, -0.15) is 0 Å². The van der Waals surface area contributed by atoms with Gasteiger partial charge in [-0.15, -0.1) is 0 Å². The molecule has 6 heteroatoms. The lowest BCUT2D eigenvalue weighted by Crippen LogP contribution is -2.30.